The number of nitrogens with zero attached hydrogens (tertiary/aromatic N) is 4. The van der Waals surface area contributed by atoms with Gasteiger partial charge in [-0.15, -0.1) is 0 Å². The summed E-state index contributed by atoms with van der Waals surface area (Å²) in [6.45, 7) is 3.86. The third-order valence-electron chi connectivity index (χ3n) is 4.64. The highest BCUT2D eigenvalue weighted by Gasteiger charge is 2.11. The number of anilines is 1. The molecule has 2 aromatic heterocycles. The van der Waals surface area contributed by atoms with Gasteiger partial charge in [0.05, 0.1) is 5.69 Å². The number of benzene rings is 2. The normalized spacial score (nSPS) is 10.7. The highest BCUT2D eigenvalue weighted by molar-refractivity contribution is 6.04. The van der Waals surface area contributed by atoms with Crippen molar-refractivity contribution in [2.75, 3.05) is 5.32 Å². The Kier molecular flexibility index (Phi) is 5.40. The molecule has 31 heavy (non-hydrogen) atoms. The van der Waals surface area contributed by atoms with Gasteiger partial charge in [0, 0.05) is 23.0 Å². The Morgan fingerprint density at radius 1 is 0.968 bits per heavy atom. The Bertz CT molecular complexity index is 1260. The lowest BCUT2D eigenvalue weighted by molar-refractivity contribution is 0.102. The number of aryl methyl sites for hydroxylation is 1. The predicted octanol–water partition coefficient (Wildman–Crippen LogP) is 4.60. The molecular weight excluding hydrogens is 404 g/mol. The average Bonchev–Trinajstić information content (AvgIpc) is 3.10. The maximum atomic E-state index is 13.3. The van der Waals surface area contributed by atoms with Crippen LogP contribution >= 0.6 is 0 Å². The quantitative estimate of drug-likeness (QED) is 0.509. The van der Waals surface area contributed by atoms with Crippen molar-refractivity contribution >= 4 is 11.6 Å². The van der Waals surface area contributed by atoms with Crippen LogP contribution in [0.25, 0.3) is 5.82 Å². The molecule has 4 rings (SSSR count). The van der Waals surface area contributed by atoms with Gasteiger partial charge in [-0.3, -0.25) is 9.36 Å². The van der Waals surface area contributed by atoms with E-state index in [9.17, 15) is 13.6 Å². The number of nitrogens with one attached hydrogen (secondary N) is 1. The molecule has 0 radical (unpaired) electrons. The van der Waals surface area contributed by atoms with E-state index in [4.69, 9.17) is 4.74 Å². The largest absolute Gasteiger partial charge is 0.439 e. The van der Waals surface area contributed by atoms with E-state index in [1.54, 1.807) is 36.7 Å². The van der Waals surface area contributed by atoms with Crippen LogP contribution in [0, 0.1) is 25.5 Å². The molecule has 2 heterocycles. The zero-order valence-electron chi connectivity index (χ0n) is 16.6. The van der Waals surface area contributed by atoms with E-state index in [-0.39, 0.29) is 5.56 Å². The van der Waals surface area contributed by atoms with Crippen molar-refractivity contribution in [1.29, 1.82) is 0 Å². The van der Waals surface area contributed by atoms with Crippen molar-refractivity contribution in [3.05, 3.63) is 89.8 Å². The molecule has 1 amide bonds. The van der Waals surface area contributed by atoms with Crippen LogP contribution in [0.1, 0.15) is 21.7 Å². The van der Waals surface area contributed by atoms with Crippen molar-refractivity contribution in [3.8, 4) is 17.4 Å². The number of hydrogen-bond donors (Lipinski definition) is 1. The van der Waals surface area contributed by atoms with Crippen molar-refractivity contribution in [2.45, 2.75) is 13.8 Å². The van der Waals surface area contributed by atoms with Crippen LogP contribution in [0.2, 0.25) is 0 Å². The number of hydrogen-bond acceptors (Lipinski definition) is 5. The summed E-state index contributed by atoms with van der Waals surface area (Å²) in [5.41, 5.74) is 2.35. The Hall–Kier alpha value is -4.14. The molecule has 0 spiro atoms. The molecule has 0 aliphatic carbocycles. The van der Waals surface area contributed by atoms with Gasteiger partial charge in [0.2, 0.25) is 5.88 Å². The van der Waals surface area contributed by atoms with E-state index in [0.717, 1.165) is 23.5 Å². The molecule has 2 aromatic carbocycles. The first kappa shape index (κ1) is 20.1. The van der Waals surface area contributed by atoms with Gasteiger partial charge in [-0.2, -0.15) is 0 Å². The smallest absolute Gasteiger partial charge is 0.255 e. The molecule has 0 aliphatic rings. The number of halogens is 2. The predicted molar refractivity (Wildman–Crippen MR) is 109 cm³/mol. The lowest BCUT2D eigenvalue weighted by atomic mass is 10.2. The Balaban J connectivity index is 1.45. The Morgan fingerprint density at radius 3 is 2.42 bits per heavy atom. The van der Waals surface area contributed by atoms with Crippen LogP contribution < -0.4 is 10.1 Å². The molecule has 0 saturated heterocycles. The summed E-state index contributed by atoms with van der Waals surface area (Å²) in [6, 6.07) is 11.2. The maximum absolute atomic E-state index is 13.3. The topological polar surface area (TPSA) is 81.9 Å². The average molecular weight is 421 g/mol. The van der Waals surface area contributed by atoms with Gasteiger partial charge in [0.1, 0.15) is 24.2 Å². The summed E-state index contributed by atoms with van der Waals surface area (Å²) in [5.74, 6) is -1.19. The summed E-state index contributed by atoms with van der Waals surface area (Å²) in [5, 5.41) is 2.62. The summed E-state index contributed by atoms with van der Waals surface area (Å²) in [6.07, 6.45) is 3.08. The molecule has 0 bridgehead atoms. The number of carbonyl (C=O) groups excluding carboxylic acids is 1. The first-order valence-electron chi connectivity index (χ1n) is 9.28. The van der Waals surface area contributed by atoms with Crippen molar-refractivity contribution < 1.29 is 18.3 Å². The van der Waals surface area contributed by atoms with Crippen LogP contribution in [0.15, 0.2) is 61.2 Å². The van der Waals surface area contributed by atoms with Gasteiger partial charge >= 0.3 is 0 Å². The van der Waals surface area contributed by atoms with Gasteiger partial charge < -0.3 is 10.1 Å². The van der Waals surface area contributed by atoms with Crippen molar-refractivity contribution in [2.24, 2.45) is 0 Å². The number of rotatable bonds is 5. The minimum atomic E-state index is -1.08. The molecular formula is C22H17F2N5O2. The second-order valence-corrected chi connectivity index (χ2v) is 6.71. The first-order valence-corrected chi connectivity index (χ1v) is 9.28. The SMILES string of the molecule is Cc1ncn(-c2cc(Oc3ccc(NC(=O)c4ccc(F)c(F)c4)cc3)ncn2)c1C. The fourth-order valence-electron chi connectivity index (χ4n) is 2.81. The maximum Gasteiger partial charge on any atom is 0.255 e. The summed E-state index contributed by atoms with van der Waals surface area (Å²) < 4.78 is 33.9. The van der Waals surface area contributed by atoms with Gasteiger partial charge in [0.15, 0.2) is 11.6 Å². The molecule has 156 valence electrons. The Morgan fingerprint density at radius 2 is 1.74 bits per heavy atom. The van der Waals surface area contributed by atoms with Crippen LogP contribution in [0.3, 0.4) is 0 Å². The van der Waals surface area contributed by atoms with E-state index in [0.29, 0.717) is 23.1 Å². The van der Waals surface area contributed by atoms with Crippen molar-refractivity contribution in [3.63, 3.8) is 0 Å². The number of carbonyl (C=O) groups is 1. The summed E-state index contributed by atoms with van der Waals surface area (Å²) in [7, 11) is 0. The lowest BCUT2D eigenvalue weighted by Gasteiger charge is -2.09. The van der Waals surface area contributed by atoms with E-state index in [1.165, 1.54) is 12.4 Å². The summed E-state index contributed by atoms with van der Waals surface area (Å²) >= 11 is 0. The Labute approximate surface area is 176 Å². The molecule has 9 heteroatoms. The highest BCUT2D eigenvalue weighted by Crippen LogP contribution is 2.23. The van der Waals surface area contributed by atoms with E-state index < -0.39 is 17.5 Å². The fourth-order valence-corrected chi connectivity index (χ4v) is 2.81. The number of imidazole rings is 1. The molecule has 1 N–H and O–H groups in total. The van der Waals surface area contributed by atoms with Gasteiger partial charge in [-0.1, -0.05) is 0 Å². The van der Waals surface area contributed by atoms with Crippen LogP contribution in [0.5, 0.6) is 11.6 Å². The minimum absolute atomic E-state index is 0.0118. The molecule has 7 nitrogen and oxygen atoms in total. The number of ether oxygens (including phenoxy) is 1. The van der Waals surface area contributed by atoms with Gasteiger partial charge in [-0.05, 0) is 56.3 Å². The zero-order valence-corrected chi connectivity index (χ0v) is 16.6. The molecule has 0 fully saturated rings. The van der Waals surface area contributed by atoms with E-state index in [1.807, 2.05) is 18.4 Å². The third kappa shape index (κ3) is 4.40. The molecule has 0 unspecified atom stereocenters. The molecule has 0 aliphatic heterocycles. The number of amides is 1. The lowest BCUT2D eigenvalue weighted by Crippen LogP contribution is -2.12. The first-order chi connectivity index (χ1) is 14.9. The molecule has 4 aromatic rings. The van der Waals surface area contributed by atoms with E-state index >= 15 is 0 Å². The van der Waals surface area contributed by atoms with Crippen LogP contribution in [-0.4, -0.2) is 25.4 Å². The molecule has 0 atom stereocenters. The fraction of sp³-hybridized carbons (Fsp3) is 0.0909. The van der Waals surface area contributed by atoms with E-state index in [2.05, 4.69) is 20.3 Å². The minimum Gasteiger partial charge on any atom is -0.439 e. The number of aromatic nitrogens is 4. The monoisotopic (exact) mass is 421 g/mol. The van der Waals surface area contributed by atoms with Crippen LogP contribution in [-0.2, 0) is 0 Å². The second kappa shape index (κ2) is 8.31. The van der Waals surface area contributed by atoms with Crippen molar-refractivity contribution in [1.82, 2.24) is 19.5 Å². The third-order valence-corrected chi connectivity index (χ3v) is 4.64. The highest BCUT2D eigenvalue weighted by atomic mass is 19.2. The van der Waals surface area contributed by atoms with Crippen LogP contribution in [0.4, 0.5) is 14.5 Å². The standard InChI is InChI=1S/C22H17F2N5O2/c1-13-14(2)29(12-27-13)20-10-21(26-11-25-20)31-17-6-4-16(5-7-17)28-22(30)15-3-8-18(23)19(24)9-15/h3-12H,1-2H3,(H,28,30). The summed E-state index contributed by atoms with van der Waals surface area (Å²) in [4.78, 5) is 24.8. The molecule has 0 saturated carbocycles. The second-order valence-electron chi connectivity index (χ2n) is 6.71. The zero-order chi connectivity index (χ0) is 22.0. The van der Waals surface area contributed by atoms with Gasteiger partial charge in [-0.25, -0.2) is 23.7 Å². The van der Waals surface area contributed by atoms with Gasteiger partial charge in [0.25, 0.3) is 5.91 Å².